The van der Waals surface area contributed by atoms with Crippen molar-refractivity contribution in [3.8, 4) is 6.07 Å². The topological polar surface area (TPSA) is 109 Å². The van der Waals surface area contributed by atoms with Gasteiger partial charge in [0.15, 0.2) is 0 Å². The Hall–Kier alpha value is -2.59. The minimum absolute atomic E-state index is 0.113. The molecule has 0 aliphatic rings. The second-order valence-corrected chi connectivity index (χ2v) is 6.20. The highest BCUT2D eigenvalue weighted by molar-refractivity contribution is 7.92. The lowest BCUT2D eigenvalue weighted by atomic mass is 10.2. The SMILES string of the molecule is Cc1cc(N)cnc1NS(=O)(=O)c1ccc(CC#N)cc1. The van der Waals surface area contributed by atoms with Crippen molar-refractivity contribution in [3.63, 3.8) is 0 Å². The van der Waals surface area contributed by atoms with Gasteiger partial charge in [-0.15, -0.1) is 0 Å². The van der Waals surface area contributed by atoms with Crippen LogP contribution >= 0.6 is 0 Å². The molecular formula is C14H14N4O2S. The lowest BCUT2D eigenvalue weighted by Crippen LogP contribution is -2.15. The number of aromatic nitrogens is 1. The molecule has 0 atom stereocenters. The molecule has 1 aromatic carbocycles. The van der Waals surface area contributed by atoms with Gasteiger partial charge in [-0.05, 0) is 36.2 Å². The van der Waals surface area contributed by atoms with Crippen molar-refractivity contribution >= 4 is 21.5 Å². The standard InChI is InChI=1S/C14H14N4O2S/c1-10-8-12(16)9-17-14(10)18-21(19,20)13-4-2-11(3-5-13)6-7-15/h2-5,8-9H,6,16H2,1H3,(H,17,18). The number of nitrogens with two attached hydrogens (primary N) is 1. The van der Waals surface area contributed by atoms with Crippen molar-refractivity contribution in [3.05, 3.63) is 47.7 Å². The summed E-state index contributed by atoms with van der Waals surface area (Å²) in [4.78, 5) is 4.09. The number of benzene rings is 1. The lowest BCUT2D eigenvalue weighted by Gasteiger charge is -2.10. The third kappa shape index (κ3) is 3.49. The van der Waals surface area contributed by atoms with Crippen LogP contribution in [0.3, 0.4) is 0 Å². The molecule has 0 unspecified atom stereocenters. The van der Waals surface area contributed by atoms with E-state index in [1.165, 1.54) is 18.3 Å². The number of pyridine rings is 1. The summed E-state index contributed by atoms with van der Waals surface area (Å²) < 4.78 is 26.9. The van der Waals surface area contributed by atoms with Gasteiger partial charge in [0.25, 0.3) is 10.0 Å². The summed E-state index contributed by atoms with van der Waals surface area (Å²) >= 11 is 0. The smallest absolute Gasteiger partial charge is 0.263 e. The Kier molecular flexibility index (Phi) is 4.10. The summed E-state index contributed by atoms with van der Waals surface area (Å²) in [5, 5.41) is 8.60. The molecule has 0 aliphatic heterocycles. The molecule has 0 saturated heterocycles. The third-order valence-corrected chi connectivity index (χ3v) is 4.20. The van der Waals surface area contributed by atoms with Crippen LogP contribution in [-0.4, -0.2) is 13.4 Å². The van der Waals surface area contributed by atoms with Gasteiger partial charge in [0.1, 0.15) is 5.82 Å². The fraction of sp³-hybridized carbons (Fsp3) is 0.143. The van der Waals surface area contributed by atoms with Crippen molar-refractivity contribution in [1.29, 1.82) is 5.26 Å². The predicted octanol–water partition coefficient (Wildman–Crippen LogP) is 1.84. The Morgan fingerprint density at radius 2 is 2.00 bits per heavy atom. The maximum absolute atomic E-state index is 12.3. The van der Waals surface area contributed by atoms with E-state index in [4.69, 9.17) is 11.0 Å². The van der Waals surface area contributed by atoms with Crippen LogP contribution < -0.4 is 10.5 Å². The van der Waals surface area contributed by atoms with Crippen LogP contribution in [0.2, 0.25) is 0 Å². The van der Waals surface area contributed by atoms with Crippen molar-refractivity contribution in [2.24, 2.45) is 0 Å². The van der Waals surface area contributed by atoms with Gasteiger partial charge in [0.2, 0.25) is 0 Å². The molecule has 2 rings (SSSR count). The molecule has 0 fully saturated rings. The number of nitriles is 1. The van der Waals surface area contributed by atoms with E-state index in [-0.39, 0.29) is 17.1 Å². The largest absolute Gasteiger partial charge is 0.397 e. The summed E-state index contributed by atoms with van der Waals surface area (Å²) in [7, 11) is -3.72. The van der Waals surface area contributed by atoms with E-state index in [0.29, 0.717) is 11.3 Å². The second-order valence-electron chi connectivity index (χ2n) is 4.52. The molecule has 0 amide bonds. The van der Waals surface area contributed by atoms with E-state index in [0.717, 1.165) is 5.56 Å². The number of hydrogen-bond donors (Lipinski definition) is 2. The fourth-order valence-corrected chi connectivity index (χ4v) is 2.85. The lowest BCUT2D eigenvalue weighted by molar-refractivity contribution is 0.601. The molecule has 6 nitrogen and oxygen atoms in total. The summed E-state index contributed by atoms with van der Waals surface area (Å²) in [6, 6.07) is 9.79. The van der Waals surface area contributed by atoms with Gasteiger partial charge in [0.05, 0.1) is 29.3 Å². The number of sulfonamides is 1. The molecule has 0 radical (unpaired) electrons. The number of rotatable bonds is 4. The molecule has 21 heavy (non-hydrogen) atoms. The highest BCUT2D eigenvalue weighted by Crippen LogP contribution is 2.19. The molecule has 1 heterocycles. The first-order valence-electron chi connectivity index (χ1n) is 6.13. The van der Waals surface area contributed by atoms with Crippen molar-refractivity contribution in [2.75, 3.05) is 10.5 Å². The van der Waals surface area contributed by atoms with E-state index in [2.05, 4.69) is 9.71 Å². The normalized spacial score (nSPS) is 10.9. The van der Waals surface area contributed by atoms with Crippen LogP contribution in [0.15, 0.2) is 41.4 Å². The Bertz CT molecular complexity index is 793. The Labute approximate surface area is 123 Å². The van der Waals surface area contributed by atoms with Gasteiger partial charge < -0.3 is 5.73 Å². The molecule has 0 spiro atoms. The molecule has 2 aromatic rings. The molecule has 7 heteroatoms. The van der Waals surface area contributed by atoms with E-state index in [9.17, 15) is 8.42 Å². The second kappa shape index (κ2) is 5.81. The molecule has 0 bridgehead atoms. The predicted molar refractivity (Wildman–Crippen MR) is 80.0 cm³/mol. The summed E-state index contributed by atoms with van der Waals surface area (Å²) in [5.74, 6) is 0.241. The number of aryl methyl sites for hydroxylation is 1. The molecule has 0 aliphatic carbocycles. The van der Waals surface area contributed by atoms with Crippen molar-refractivity contribution in [2.45, 2.75) is 18.2 Å². The van der Waals surface area contributed by atoms with Crippen LogP contribution in [0.4, 0.5) is 11.5 Å². The molecule has 0 saturated carbocycles. The molecule has 1 aromatic heterocycles. The van der Waals surface area contributed by atoms with Gasteiger partial charge in [-0.1, -0.05) is 12.1 Å². The summed E-state index contributed by atoms with van der Waals surface area (Å²) in [6.45, 7) is 1.72. The Morgan fingerprint density at radius 1 is 1.33 bits per heavy atom. The molecule has 3 N–H and O–H groups in total. The summed E-state index contributed by atoms with van der Waals surface area (Å²) in [5.41, 5.74) is 7.45. The highest BCUT2D eigenvalue weighted by Gasteiger charge is 2.16. The van der Waals surface area contributed by atoms with E-state index in [1.807, 2.05) is 6.07 Å². The number of nitrogens with one attached hydrogen (secondary N) is 1. The van der Waals surface area contributed by atoms with Crippen LogP contribution in [-0.2, 0) is 16.4 Å². The van der Waals surface area contributed by atoms with Gasteiger partial charge in [-0.3, -0.25) is 4.72 Å². The number of nitrogen functional groups attached to an aromatic ring is 1. The zero-order chi connectivity index (χ0) is 15.5. The van der Waals surface area contributed by atoms with Crippen LogP contribution in [0.25, 0.3) is 0 Å². The minimum Gasteiger partial charge on any atom is -0.397 e. The van der Waals surface area contributed by atoms with E-state index >= 15 is 0 Å². The van der Waals surface area contributed by atoms with Crippen LogP contribution in [0.5, 0.6) is 0 Å². The minimum atomic E-state index is -3.72. The average Bonchev–Trinajstić information content (AvgIpc) is 2.43. The number of nitrogens with zero attached hydrogens (tertiary/aromatic N) is 2. The van der Waals surface area contributed by atoms with Gasteiger partial charge in [-0.2, -0.15) is 5.26 Å². The Morgan fingerprint density at radius 3 is 2.57 bits per heavy atom. The van der Waals surface area contributed by atoms with Gasteiger partial charge in [-0.25, -0.2) is 13.4 Å². The van der Waals surface area contributed by atoms with Crippen LogP contribution in [0.1, 0.15) is 11.1 Å². The first-order valence-corrected chi connectivity index (χ1v) is 7.61. The number of anilines is 2. The van der Waals surface area contributed by atoms with Gasteiger partial charge in [0, 0.05) is 0 Å². The Balaban J connectivity index is 2.27. The monoisotopic (exact) mass is 302 g/mol. The van der Waals surface area contributed by atoms with Crippen molar-refractivity contribution in [1.82, 2.24) is 4.98 Å². The number of hydrogen-bond acceptors (Lipinski definition) is 5. The summed E-state index contributed by atoms with van der Waals surface area (Å²) in [6.07, 6.45) is 1.63. The maximum atomic E-state index is 12.3. The van der Waals surface area contributed by atoms with Gasteiger partial charge >= 0.3 is 0 Å². The highest BCUT2D eigenvalue weighted by atomic mass is 32.2. The third-order valence-electron chi connectivity index (χ3n) is 2.85. The first-order chi connectivity index (χ1) is 9.92. The quantitative estimate of drug-likeness (QED) is 0.895. The average molecular weight is 302 g/mol. The van der Waals surface area contributed by atoms with E-state index in [1.54, 1.807) is 25.1 Å². The fourth-order valence-electron chi connectivity index (χ4n) is 1.77. The molecule has 108 valence electrons. The maximum Gasteiger partial charge on any atom is 0.263 e. The van der Waals surface area contributed by atoms with Crippen LogP contribution in [0, 0.1) is 18.3 Å². The zero-order valence-electron chi connectivity index (χ0n) is 11.4. The zero-order valence-corrected chi connectivity index (χ0v) is 12.2. The van der Waals surface area contributed by atoms with E-state index < -0.39 is 10.0 Å². The molecular weight excluding hydrogens is 288 g/mol. The first kappa shape index (κ1) is 14.8. The van der Waals surface area contributed by atoms with Crippen molar-refractivity contribution < 1.29 is 8.42 Å².